The van der Waals surface area contributed by atoms with Crippen LogP contribution < -0.4 is 0 Å². The van der Waals surface area contributed by atoms with Gasteiger partial charge in [0.1, 0.15) is 28.8 Å². The first-order valence-electron chi connectivity index (χ1n) is 43.8. The van der Waals surface area contributed by atoms with Crippen LogP contribution in [0.5, 0.6) is 0 Å². The van der Waals surface area contributed by atoms with Gasteiger partial charge in [0.2, 0.25) is 0 Å². The van der Waals surface area contributed by atoms with Gasteiger partial charge in [-0.25, -0.2) is 9.59 Å². The van der Waals surface area contributed by atoms with E-state index in [1.54, 1.807) is 37.5 Å². The van der Waals surface area contributed by atoms with E-state index < -0.39 is 45.9 Å². The van der Waals surface area contributed by atoms with Crippen LogP contribution in [0.2, 0.25) is 0 Å². The van der Waals surface area contributed by atoms with Crippen molar-refractivity contribution in [2.75, 3.05) is 26.2 Å². The van der Waals surface area contributed by atoms with Gasteiger partial charge >= 0.3 is 36.1 Å². The minimum absolute atomic E-state index is 0.00202. The van der Waals surface area contributed by atoms with Crippen LogP contribution in [0.3, 0.4) is 0 Å². The number of allylic oxidation sites excluding steroid dienone is 2. The number of aliphatic hydroxyl groups is 3. The number of aliphatic carboxylic acids is 1. The summed E-state index contributed by atoms with van der Waals surface area (Å²) in [5.41, 5.74) is 3.48. The molecule has 0 aromatic rings. The third kappa shape index (κ3) is 15.5. The lowest BCUT2D eigenvalue weighted by Crippen LogP contribution is -2.66. The van der Waals surface area contributed by atoms with Gasteiger partial charge < -0.3 is 49.2 Å². The Balaban J connectivity index is 0.000000204. The van der Waals surface area contributed by atoms with Crippen molar-refractivity contribution in [2.45, 2.75) is 330 Å². The van der Waals surface area contributed by atoms with Gasteiger partial charge in [0.05, 0.1) is 42.9 Å². The van der Waals surface area contributed by atoms with Crippen LogP contribution in [-0.4, -0.2) is 116 Å². The fourth-order valence-corrected chi connectivity index (χ4v) is 27.9. The zero-order valence-electron chi connectivity index (χ0n) is 74.3. The van der Waals surface area contributed by atoms with E-state index in [4.69, 9.17) is 14.2 Å². The summed E-state index contributed by atoms with van der Waals surface area (Å²) < 4.78 is 21.8. The molecule has 0 bridgehead atoms. The number of cyclic esters (lactones) is 2. The number of carbonyl (C=O) groups excluding carboxylic acids is 5. The molecule has 4 N–H and O–H groups in total. The Labute approximate surface area is 685 Å². The molecule has 0 aromatic carbocycles. The monoisotopic (exact) mass is 1580 g/mol. The van der Waals surface area contributed by atoms with Crippen LogP contribution in [0.15, 0.2) is 71.3 Å². The smallest absolute Gasteiger partial charge is 0.410 e. The molecule has 1 saturated heterocycles. The van der Waals surface area contributed by atoms with E-state index in [0.717, 1.165) is 94.6 Å². The summed E-state index contributed by atoms with van der Waals surface area (Å²) in [4.78, 5) is 75.2. The Kier molecular flexibility index (Phi) is 23.7. The first kappa shape index (κ1) is 88.5. The third-order valence-electron chi connectivity index (χ3n) is 34.5. The van der Waals surface area contributed by atoms with Crippen molar-refractivity contribution >= 4 is 36.1 Å². The summed E-state index contributed by atoms with van der Waals surface area (Å²) in [5.74, 6) is 18.1. The lowest BCUT2D eigenvalue weighted by atomic mass is 9.32. The number of ether oxygens (including phenoxy) is 4. The van der Waals surface area contributed by atoms with Crippen LogP contribution in [-0.2, 0) is 38.1 Å². The van der Waals surface area contributed by atoms with Crippen LogP contribution in [0.25, 0.3) is 0 Å². The summed E-state index contributed by atoms with van der Waals surface area (Å²) in [6.07, 6.45) is 22.5. The van der Waals surface area contributed by atoms with E-state index in [0.29, 0.717) is 96.3 Å². The lowest BCUT2D eigenvalue weighted by molar-refractivity contribution is -0.247. The fourth-order valence-electron chi connectivity index (χ4n) is 27.9. The maximum absolute atomic E-state index is 13.2. The number of rotatable bonds is 8. The Hall–Kier alpha value is -6.26. The summed E-state index contributed by atoms with van der Waals surface area (Å²) >= 11 is 0. The normalized spacial score (nSPS) is 39.5. The zero-order valence-corrected chi connectivity index (χ0v) is 74.3. The number of hydrogen-bond acceptors (Lipinski definition) is 13. The van der Waals surface area contributed by atoms with E-state index >= 15 is 0 Å². The minimum atomic E-state index is -1.16. The molecular weight excluding hydrogens is 1430 g/mol. The molecule has 2 amide bonds. The van der Waals surface area contributed by atoms with E-state index in [2.05, 4.69) is 138 Å². The standard InChI is InChI=1S/C49H73NO7.C43H65NO4.C6H8O3/c1-30(2)33-17-24-49(23-16-32-20-27-50(29-34(32)31(3)51)42(55)57-43(4,5)6)26-25-47(12)35(40(33)49)14-15-37-46(11)21-19-38(56-39(52)28-44(7,8)41(53)54)45(9,10)36(46)18-22-48(37,47)13;1-27(2)30-15-22-43(21-14-29-18-25-44(26-31(29)28(3)45)37(47)48-38(4,5)6)24-23-41(10)32(36(30)43)12-13-34-40(9)19-17-35(46)39(7,8)33(40)16-20-42(34,41)11;1-6(2)3-4(7)9-5(6)8/h33,35-38,40,51H,1,3,14-15,17-22,24-29H2,2,4-13H3,(H,53,54);30,32-36,45-46H,1,3,12-13,15-20,22-26H2,2,4-11H3;3H2,1-2H3/t33-,35?,36?,37?,38-,40?,46-,47+,48+,49+;30-,32?,33?,34?,35-,36?,40-,41+,42+,43+;/m00./s1. The highest BCUT2D eigenvalue weighted by molar-refractivity contribution is 5.96. The first-order valence-corrected chi connectivity index (χ1v) is 43.8. The number of hydrogen-bond donors (Lipinski definition) is 4. The summed E-state index contributed by atoms with van der Waals surface area (Å²) in [5, 5.41) is 42.2. The summed E-state index contributed by atoms with van der Waals surface area (Å²) in [6, 6.07) is 0. The molecule has 13 aliphatic rings. The molecule has 20 atom stereocenters. The fraction of sp³-hybridized carbons (Fsp3) is 0.776. The van der Waals surface area contributed by atoms with Gasteiger partial charge in [-0.3, -0.25) is 19.2 Å². The van der Waals surface area contributed by atoms with Gasteiger partial charge in [-0.05, 0) is 321 Å². The average molecular weight is 1580 g/mol. The van der Waals surface area contributed by atoms with Gasteiger partial charge in [0.25, 0.3) is 0 Å². The molecule has 0 radical (unpaired) electrons. The maximum Gasteiger partial charge on any atom is 0.410 e. The molecule has 114 heavy (non-hydrogen) atoms. The molecule has 10 saturated carbocycles. The van der Waals surface area contributed by atoms with Crippen molar-refractivity contribution in [3.05, 3.63) is 71.3 Å². The highest BCUT2D eigenvalue weighted by Crippen LogP contribution is 2.80. The number of aliphatic hydroxyl groups excluding tert-OH is 3. The highest BCUT2D eigenvalue weighted by atomic mass is 16.6. The molecule has 8 unspecified atom stereocenters. The number of nitrogens with zero attached hydrogens (tertiary/aromatic N) is 2. The second-order valence-corrected chi connectivity index (χ2v) is 44.7. The van der Waals surface area contributed by atoms with Gasteiger partial charge in [-0.15, -0.1) is 0 Å². The average Bonchev–Trinajstić information content (AvgIpc) is 1.06. The molecule has 16 heteroatoms. The lowest BCUT2D eigenvalue weighted by Gasteiger charge is -2.72. The van der Waals surface area contributed by atoms with E-state index in [9.17, 15) is 49.2 Å². The molecule has 11 fully saturated rings. The third-order valence-corrected chi connectivity index (χ3v) is 34.5. The molecule has 0 aromatic heterocycles. The van der Waals surface area contributed by atoms with E-state index in [-0.39, 0.29) is 116 Å². The quantitative estimate of drug-likeness (QED) is 0.0443. The molecule has 632 valence electrons. The van der Waals surface area contributed by atoms with Crippen molar-refractivity contribution in [1.82, 2.24) is 9.80 Å². The van der Waals surface area contributed by atoms with E-state index in [1.807, 2.05) is 41.5 Å². The largest absolute Gasteiger partial charge is 0.508 e. The van der Waals surface area contributed by atoms with Crippen molar-refractivity contribution in [3.63, 3.8) is 0 Å². The maximum atomic E-state index is 13.2. The van der Waals surface area contributed by atoms with Crippen molar-refractivity contribution in [1.29, 1.82) is 0 Å². The molecule has 16 nitrogen and oxygen atoms in total. The number of carbonyl (C=O) groups is 6. The predicted molar refractivity (Wildman–Crippen MR) is 447 cm³/mol. The van der Waals surface area contributed by atoms with Gasteiger partial charge in [-0.1, -0.05) is 130 Å². The number of fused-ring (bicyclic) bond motifs is 14. The molecule has 0 spiro atoms. The van der Waals surface area contributed by atoms with Crippen LogP contribution in [0.4, 0.5) is 9.59 Å². The first-order chi connectivity index (χ1) is 52.4. The van der Waals surface area contributed by atoms with Crippen molar-refractivity contribution < 1.29 is 68.1 Å². The SMILES string of the molecule is C=C(O)C1=C(C#C[C@]23CC[C@@H](C(=C)C)C2C2CCC4[C@@]5(C)CC[C@H](O)C(C)(C)C5CC[C@@]4(C)[C@]2(C)CC3)CCN(C(=O)OC(C)(C)C)C1.C=C(O)C1=C(C#C[C@]23CC[C@@H](C(=C)C)C2C2CCC4[C@@]5(C)CC[C@H](OC(=O)CC(C)(C)C(=O)O)C(C)(C)C5CC[C@@]4(C)[C@]2(C)CC3)CCN(C(=O)OC(C)(C)C)C1.CC1(C)CC(=O)OC1=O. The van der Waals surface area contributed by atoms with Crippen LogP contribution in [0.1, 0.15) is 306 Å². The minimum Gasteiger partial charge on any atom is -0.508 e. The molecule has 13 rings (SSSR count). The number of carboxylic acid groups (broad SMARTS) is 1. The molecule has 3 aliphatic heterocycles. The van der Waals surface area contributed by atoms with E-state index in [1.165, 1.54) is 56.1 Å². The predicted octanol–water partition coefficient (Wildman–Crippen LogP) is 21.6. The van der Waals surface area contributed by atoms with Crippen molar-refractivity contribution in [3.8, 4) is 23.7 Å². The number of esters is 3. The van der Waals surface area contributed by atoms with Gasteiger partial charge in [0, 0.05) is 51.6 Å². The number of carboxylic acids is 1. The van der Waals surface area contributed by atoms with Crippen molar-refractivity contribution in [2.24, 2.45) is 124 Å². The zero-order chi connectivity index (χ0) is 84.6. The topological polar surface area (TPSA) is 227 Å². The van der Waals surface area contributed by atoms with Gasteiger partial charge in [0.15, 0.2) is 0 Å². The second kappa shape index (κ2) is 30.5. The Morgan fingerprint density at radius 2 is 0.921 bits per heavy atom. The molecule has 10 aliphatic carbocycles. The van der Waals surface area contributed by atoms with Crippen LogP contribution >= 0.6 is 0 Å². The Morgan fingerprint density at radius 1 is 0.509 bits per heavy atom. The van der Waals surface area contributed by atoms with Crippen LogP contribution in [0, 0.1) is 148 Å². The highest BCUT2D eigenvalue weighted by Gasteiger charge is 2.74. The Bertz CT molecular complexity index is 4090. The summed E-state index contributed by atoms with van der Waals surface area (Å²) in [7, 11) is 0. The summed E-state index contributed by atoms with van der Waals surface area (Å²) in [6.45, 7) is 65.7. The number of amides is 2. The molecule has 3 heterocycles. The molecular formula is C98H146N2O14. The van der Waals surface area contributed by atoms with Gasteiger partial charge in [-0.2, -0.15) is 0 Å². The second-order valence-electron chi connectivity index (χ2n) is 44.7. The Morgan fingerprint density at radius 3 is 1.28 bits per heavy atom.